The van der Waals surface area contributed by atoms with Crippen molar-refractivity contribution in [1.29, 1.82) is 0 Å². The second-order valence-corrected chi connectivity index (χ2v) is 6.42. The van der Waals surface area contributed by atoms with Gasteiger partial charge < -0.3 is 19.7 Å². The number of hydrogen-bond donors (Lipinski definition) is 1. The number of dihydropyridines is 1. The SMILES string of the molecule is COC(=O)C1=C(C)NC(C)=C(C(=O)OC)C1c1cccc(N=CN(C)C)c1. The molecule has 0 amide bonds. The highest BCUT2D eigenvalue weighted by Crippen LogP contribution is 2.39. The lowest BCUT2D eigenvalue weighted by molar-refractivity contribution is -0.137. The lowest BCUT2D eigenvalue weighted by Gasteiger charge is -2.30. The van der Waals surface area contributed by atoms with Gasteiger partial charge in [-0.15, -0.1) is 0 Å². The van der Waals surface area contributed by atoms with Gasteiger partial charge in [-0.05, 0) is 31.5 Å². The summed E-state index contributed by atoms with van der Waals surface area (Å²) in [4.78, 5) is 31.2. The van der Waals surface area contributed by atoms with Crippen LogP contribution in [0.5, 0.6) is 0 Å². The highest BCUT2D eigenvalue weighted by molar-refractivity contribution is 5.99. The summed E-state index contributed by atoms with van der Waals surface area (Å²) in [6.07, 6.45) is 1.69. The summed E-state index contributed by atoms with van der Waals surface area (Å²) in [5.74, 6) is -1.61. The smallest absolute Gasteiger partial charge is 0.336 e. The van der Waals surface area contributed by atoms with Crippen molar-refractivity contribution in [3.63, 3.8) is 0 Å². The van der Waals surface area contributed by atoms with Crippen LogP contribution in [0.4, 0.5) is 5.69 Å². The van der Waals surface area contributed by atoms with Crippen molar-refractivity contribution in [1.82, 2.24) is 10.2 Å². The minimum Gasteiger partial charge on any atom is -0.466 e. The zero-order chi connectivity index (χ0) is 20.1. The molecule has 0 bridgehead atoms. The Morgan fingerprint density at radius 2 is 1.63 bits per heavy atom. The molecule has 0 spiro atoms. The first-order valence-electron chi connectivity index (χ1n) is 8.45. The number of benzene rings is 1. The molecule has 1 heterocycles. The molecule has 0 aliphatic carbocycles. The molecule has 1 aliphatic rings. The molecule has 1 aliphatic heterocycles. The van der Waals surface area contributed by atoms with Crippen molar-refractivity contribution >= 4 is 24.0 Å². The fourth-order valence-electron chi connectivity index (χ4n) is 3.06. The predicted molar refractivity (Wildman–Crippen MR) is 104 cm³/mol. The van der Waals surface area contributed by atoms with Crippen LogP contribution in [0, 0.1) is 0 Å². The van der Waals surface area contributed by atoms with Crippen LogP contribution in [0.1, 0.15) is 25.3 Å². The molecule has 0 atom stereocenters. The highest BCUT2D eigenvalue weighted by Gasteiger charge is 2.37. The molecule has 1 aromatic carbocycles. The van der Waals surface area contributed by atoms with Crippen molar-refractivity contribution in [3.8, 4) is 0 Å². The maximum Gasteiger partial charge on any atom is 0.336 e. The zero-order valence-electron chi connectivity index (χ0n) is 16.5. The minimum atomic E-state index is -0.611. The second-order valence-electron chi connectivity index (χ2n) is 6.42. The summed E-state index contributed by atoms with van der Waals surface area (Å²) in [6.45, 7) is 3.57. The first-order chi connectivity index (χ1) is 12.8. The van der Waals surface area contributed by atoms with Gasteiger partial charge in [-0.25, -0.2) is 14.6 Å². The number of rotatable bonds is 5. The van der Waals surface area contributed by atoms with Gasteiger partial charge in [-0.1, -0.05) is 12.1 Å². The topological polar surface area (TPSA) is 80.2 Å². The third-order valence-electron chi connectivity index (χ3n) is 4.21. The van der Waals surface area contributed by atoms with Crippen molar-refractivity contribution < 1.29 is 19.1 Å². The van der Waals surface area contributed by atoms with Gasteiger partial charge in [0.1, 0.15) is 0 Å². The Morgan fingerprint density at radius 3 is 2.11 bits per heavy atom. The summed E-state index contributed by atoms with van der Waals surface area (Å²) < 4.78 is 9.94. The van der Waals surface area contributed by atoms with Crippen LogP contribution in [0.2, 0.25) is 0 Å². The lowest BCUT2D eigenvalue weighted by atomic mass is 9.80. The summed E-state index contributed by atoms with van der Waals surface area (Å²) >= 11 is 0. The van der Waals surface area contributed by atoms with Gasteiger partial charge in [0.25, 0.3) is 0 Å². The van der Waals surface area contributed by atoms with E-state index >= 15 is 0 Å². The maximum atomic E-state index is 12.5. The molecule has 1 aromatic rings. The summed E-state index contributed by atoms with van der Waals surface area (Å²) in [5.41, 5.74) is 3.49. The van der Waals surface area contributed by atoms with Crippen LogP contribution in [-0.4, -0.2) is 51.5 Å². The van der Waals surface area contributed by atoms with E-state index in [1.165, 1.54) is 14.2 Å². The molecule has 0 fully saturated rings. The number of methoxy groups -OCH3 is 2. The van der Waals surface area contributed by atoms with E-state index in [1.807, 2.05) is 43.3 Å². The van der Waals surface area contributed by atoms with E-state index in [-0.39, 0.29) is 0 Å². The molecule has 0 radical (unpaired) electrons. The van der Waals surface area contributed by atoms with E-state index in [0.717, 1.165) is 5.56 Å². The van der Waals surface area contributed by atoms with Crippen LogP contribution < -0.4 is 5.32 Å². The fraction of sp³-hybridized carbons (Fsp3) is 0.350. The first kappa shape index (κ1) is 20.2. The number of nitrogens with one attached hydrogen (secondary N) is 1. The maximum absolute atomic E-state index is 12.5. The molecular formula is C20H25N3O4. The Balaban J connectivity index is 2.65. The Bertz CT molecular complexity index is 799. The Morgan fingerprint density at radius 1 is 1.07 bits per heavy atom. The third-order valence-corrected chi connectivity index (χ3v) is 4.21. The van der Waals surface area contributed by atoms with Gasteiger partial charge >= 0.3 is 11.9 Å². The molecule has 0 saturated carbocycles. The molecule has 0 unspecified atom stereocenters. The fourth-order valence-corrected chi connectivity index (χ4v) is 3.06. The number of hydrogen-bond acceptors (Lipinski definition) is 6. The molecule has 144 valence electrons. The standard InChI is InChI=1S/C20H25N3O4/c1-12-16(19(24)26-5)18(17(13(2)22-12)20(25)27-6)14-8-7-9-15(10-14)21-11-23(3)4/h7-11,18,22H,1-6H3. The number of ether oxygens (including phenoxy) is 2. The summed E-state index contributed by atoms with van der Waals surface area (Å²) in [6, 6.07) is 7.40. The normalized spacial score (nSPS) is 15.0. The van der Waals surface area contributed by atoms with Crippen LogP contribution in [-0.2, 0) is 19.1 Å². The van der Waals surface area contributed by atoms with E-state index < -0.39 is 17.9 Å². The number of carbonyl (C=O) groups is 2. The van der Waals surface area contributed by atoms with E-state index in [1.54, 1.807) is 20.2 Å². The Labute approximate surface area is 159 Å². The molecule has 7 nitrogen and oxygen atoms in total. The van der Waals surface area contributed by atoms with Gasteiger partial charge in [0.15, 0.2) is 0 Å². The van der Waals surface area contributed by atoms with Crippen LogP contribution in [0.25, 0.3) is 0 Å². The average Bonchev–Trinajstić information content (AvgIpc) is 2.64. The first-order valence-corrected chi connectivity index (χ1v) is 8.45. The minimum absolute atomic E-state index is 0.372. The van der Waals surface area contributed by atoms with Gasteiger partial charge in [-0.2, -0.15) is 0 Å². The van der Waals surface area contributed by atoms with Crippen molar-refractivity contribution in [2.45, 2.75) is 19.8 Å². The monoisotopic (exact) mass is 371 g/mol. The van der Waals surface area contributed by atoms with E-state index in [2.05, 4.69) is 10.3 Å². The third kappa shape index (κ3) is 4.36. The van der Waals surface area contributed by atoms with Crippen LogP contribution in [0.3, 0.4) is 0 Å². The quantitative estimate of drug-likeness (QED) is 0.487. The molecule has 2 rings (SSSR count). The van der Waals surface area contributed by atoms with E-state index in [9.17, 15) is 9.59 Å². The molecular weight excluding hydrogens is 346 g/mol. The van der Waals surface area contributed by atoms with Crippen molar-refractivity contribution in [3.05, 3.63) is 52.4 Å². The second kappa shape index (κ2) is 8.53. The van der Waals surface area contributed by atoms with Gasteiger partial charge in [0.05, 0.1) is 43.3 Å². The van der Waals surface area contributed by atoms with Crippen molar-refractivity contribution in [2.75, 3.05) is 28.3 Å². The van der Waals surface area contributed by atoms with E-state index in [4.69, 9.17) is 9.47 Å². The average molecular weight is 371 g/mol. The van der Waals surface area contributed by atoms with Crippen LogP contribution >= 0.6 is 0 Å². The van der Waals surface area contributed by atoms with Crippen molar-refractivity contribution in [2.24, 2.45) is 4.99 Å². The largest absolute Gasteiger partial charge is 0.466 e. The molecule has 1 N–H and O–H groups in total. The summed E-state index contributed by atoms with van der Waals surface area (Å²) in [5, 5.41) is 3.09. The number of nitrogens with zero attached hydrogens (tertiary/aromatic N) is 2. The molecule has 0 saturated heterocycles. The van der Waals surface area contributed by atoms with Crippen LogP contribution in [0.15, 0.2) is 51.8 Å². The zero-order valence-corrected chi connectivity index (χ0v) is 16.5. The number of esters is 2. The molecule has 27 heavy (non-hydrogen) atoms. The lowest BCUT2D eigenvalue weighted by Crippen LogP contribution is -2.32. The number of carbonyl (C=O) groups excluding carboxylic acids is 2. The molecule has 0 aromatic heterocycles. The van der Waals surface area contributed by atoms with E-state index in [0.29, 0.717) is 28.2 Å². The predicted octanol–water partition coefficient (Wildman–Crippen LogP) is 2.49. The number of allylic oxidation sites excluding steroid dienone is 2. The Kier molecular flexibility index (Phi) is 6.39. The van der Waals surface area contributed by atoms with Gasteiger partial charge in [0.2, 0.25) is 0 Å². The Hall–Kier alpha value is -3.09. The summed E-state index contributed by atoms with van der Waals surface area (Å²) in [7, 11) is 6.40. The molecule has 7 heteroatoms. The highest BCUT2D eigenvalue weighted by atomic mass is 16.5. The van der Waals surface area contributed by atoms with Gasteiger partial charge in [0, 0.05) is 25.5 Å². The van der Waals surface area contributed by atoms with Gasteiger partial charge in [-0.3, -0.25) is 0 Å². The number of aliphatic imine (C=N–C) groups is 1.